The fourth-order valence-corrected chi connectivity index (χ4v) is 4.07. The maximum Gasteiger partial charge on any atom is 0.276 e. The lowest BCUT2D eigenvalue weighted by atomic mass is 9.93. The quantitative estimate of drug-likeness (QED) is 0.441. The van der Waals surface area contributed by atoms with E-state index >= 15 is 0 Å². The summed E-state index contributed by atoms with van der Waals surface area (Å²) in [6, 6.07) is 18.4. The average molecular weight is 479 g/mol. The molecule has 0 bridgehead atoms. The first-order valence-electron chi connectivity index (χ1n) is 11.9. The van der Waals surface area contributed by atoms with Crippen LogP contribution in [-0.4, -0.2) is 18.4 Å². The zero-order valence-corrected chi connectivity index (χ0v) is 20.9. The van der Waals surface area contributed by atoms with Crippen molar-refractivity contribution >= 4 is 17.5 Å². The number of nitrogens with zero attached hydrogens (tertiary/aromatic N) is 1. The molecule has 1 heterocycles. The number of amides is 2. The van der Waals surface area contributed by atoms with Crippen LogP contribution in [0, 0.1) is 13.8 Å². The topological polar surface area (TPSA) is 49.4 Å². The number of carbonyl (C=O) groups is 2. The van der Waals surface area contributed by atoms with Crippen LogP contribution in [0.1, 0.15) is 76.2 Å². The predicted molar refractivity (Wildman–Crippen MR) is 136 cm³/mol. The van der Waals surface area contributed by atoms with Gasteiger partial charge in [-0.2, -0.15) is 0 Å². The largest absolute Gasteiger partial charge is 0.346 e. The molecule has 35 heavy (non-hydrogen) atoms. The standard InChI is InChI=1S/C27H26F2N2O2.C2H6/c1-17-7-9-20(10-8-17)25(32)30-19(3)21-11-12-24-23(16-21)27(28,29)13-14-31(24)26(33)22-6-4-5-18(2)15-22;1-2/h4-12,15-16,19H,13-14H2,1-3H3,(H,30,32);1-2H3. The first-order valence-corrected chi connectivity index (χ1v) is 11.9. The van der Waals surface area contributed by atoms with Gasteiger partial charge in [0.25, 0.3) is 17.7 Å². The van der Waals surface area contributed by atoms with Crippen LogP contribution in [0.25, 0.3) is 0 Å². The molecular weight excluding hydrogens is 446 g/mol. The highest BCUT2D eigenvalue weighted by molar-refractivity contribution is 6.07. The third-order valence-corrected chi connectivity index (χ3v) is 6.03. The van der Waals surface area contributed by atoms with Crippen molar-refractivity contribution < 1.29 is 18.4 Å². The minimum atomic E-state index is -3.06. The molecule has 0 fully saturated rings. The van der Waals surface area contributed by atoms with Crippen LogP contribution in [-0.2, 0) is 5.92 Å². The molecule has 1 unspecified atom stereocenters. The Morgan fingerprint density at radius 3 is 2.26 bits per heavy atom. The Labute approximate surface area is 206 Å². The Morgan fingerprint density at radius 1 is 0.914 bits per heavy atom. The Bertz CT molecular complexity index is 1210. The molecule has 1 atom stereocenters. The van der Waals surface area contributed by atoms with Gasteiger partial charge in [0.2, 0.25) is 0 Å². The molecule has 3 aromatic carbocycles. The number of benzene rings is 3. The summed E-state index contributed by atoms with van der Waals surface area (Å²) in [6.07, 6.45) is -0.453. The molecule has 6 heteroatoms. The Hall–Kier alpha value is -3.54. The van der Waals surface area contributed by atoms with Crippen molar-refractivity contribution in [3.05, 3.63) is 100 Å². The van der Waals surface area contributed by atoms with Gasteiger partial charge in [-0.05, 0) is 62.7 Å². The molecule has 4 nitrogen and oxygen atoms in total. The van der Waals surface area contributed by atoms with E-state index in [1.807, 2.05) is 45.9 Å². The number of anilines is 1. The van der Waals surface area contributed by atoms with Crippen LogP contribution < -0.4 is 10.2 Å². The molecule has 0 spiro atoms. The summed E-state index contributed by atoms with van der Waals surface area (Å²) in [6.45, 7) is 9.51. The van der Waals surface area contributed by atoms with Gasteiger partial charge >= 0.3 is 0 Å². The number of carbonyl (C=O) groups excluding carboxylic acids is 2. The van der Waals surface area contributed by atoms with Crippen molar-refractivity contribution in [2.24, 2.45) is 0 Å². The second kappa shape index (κ2) is 10.8. The van der Waals surface area contributed by atoms with Crippen LogP contribution in [0.3, 0.4) is 0 Å². The first kappa shape index (κ1) is 26.1. The van der Waals surface area contributed by atoms with E-state index in [9.17, 15) is 18.4 Å². The zero-order chi connectivity index (χ0) is 25.8. The molecular formula is C29H32F2N2O2. The van der Waals surface area contributed by atoms with Crippen LogP contribution in [0.4, 0.5) is 14.5 Å². The maximum atomic E-state index is 14.9. The van der Waals surface area contributed by atoms with Crippen molar-refractivity contribution in [1.82, 2.24) is 5.32 Å². The van der Waals surface area contributed by atoms with Gasteiger partial charge in [-0.1, -0.05) is 55.3 Å². The van der Waals surface area contributed by atoms with Gasteiger partial charge in [0.1, 0.15) is 0 Å². The average Bonchev–Trinajstić information content (AvgIpc) is 2.85. The van der Waals surface area contributed by atoms with Gasteiger partial charge in [0, 0.05) is 29.7 Å². The fourth-order valence-electron chi connectivity index (χ4n) is 4.07. The normalized spacial score (nSPS) is 14.8. The summed E-state index contributed by atoms with van der Waals surface area (Å²) in [5, 5.41) is 2.87. The van der Waals surface area contributed by atoms with Gasteiger partial charge < -0.3 is 10.2 Å². The summed E-state index contributed by atoms with van der Waals surface area (Å²) in [5.41, 5.74) is 3.51. The zero-order valence-electron chi connectivity index (χ0n) is 20.9. The molecule has 0 aromatic heterocycles. The molecule has 3 aromatic rings. The molecule has 0 aliphatic carbocycles. The van der Waals surface area contributed by atoms with E-state index in [-0.39, 0.29) is 29.6 Å². The van der Waals surface area contributed by atoms with Crippen molar-refractivity contribution in [3.63, 3.8) is 0 Å². The van der Waals surface area contributed by atoms with Gasteiger partial charge in [0.15, 0.2) is 0 Å². The number of rotatable bonds is 4. The lowest BCUT2D eigenvalue weighted by Gasteiger charge is -2.35. The van der Waals surface area contributed by atoms with E-state index < -0.39 is 18.4 Å². The van der Waals surface area contributed by atoms with E-state index in [2.05, 4.69) is 5.32 Å². The molecule has 1 aliphatic rings. The number of hydrogen-bond donors (Lipinski definition) is 1. The number of nitrogens with one attached hydrogen (secondary N) is 1. The first-order chi connectivity index (χ1) is 16.7. The predicted octanol–water partition coefficient (Wildman–Crippen LogP) is 6.96. The highest BCUT2D eigenvalue weighted by Gasteiger charge is 2.41. The number of fused-ring (bicyclic) bond motifs is 1. The third kappa shape index (κ3) is 5.76. The Morgan fingerprint density at radius 2 is 1.60 bits per heavy atom. The summed E-state index contributed by atoms with van der Waals surface area (Å²) in [7, 11) is 0. The molecule has 1 aliphatic heterocycles. The monoisotopic (exact) mass is 478 g/mol. The van der Waals surface area contributed by atoms with Crippen molar-refractivity contribution in [2.75, 3.05) is 11.4 Å². The van der Waals surface area contributed by atoms with Crippen molar-refractivity contribution in [3.8, 4) is 0 Å². The lowest BCUT2D eigenvalue weighted by Crippen LogP contribution is -2.40. The number of aryl methyl sites for hydroxylation is 2. The molecule has 0 saturated heterocycles. The molecule has 0 saturated carbocycles. The smallest absolute Gasteiger partial charge is 0.276 e. The van der Waals surface area contributed by atoms with Crippen molar-refractivity contribution in [1.29, 1.82) is 0 Å². The second-order valence-electron chi connectivity index (χ2n) is 8.62. The van der Waals surface area contributed by atoms with Gasteiger partial charge in [-0.15, -0.1) is 0 Å². The van der Waals surface area contributed by atoms with E-state index in [1.54, 1.807) is 49.4 Å². The summed E-state index contributed by atoms with van der Waals surface area (Å²) in [5.74, 6) is -3.64. The molecule has 2 amide bonds. The van der Waals surface area contributed by atoms with Crippen molar-refractivity contribution in [2.45, 2.75) is 53.0 Å². The SMILES string of the molecule is CC.Cc1ccc(C(=O)NC(C)c2ccc3c(c2)C(F)(F)CCN3C(=O)c2cccc(C)c2)cc1. The van der Waals surface area contributed by atoms with E-state index in [0.29, 0.717) is 16.7 Å². The third-order valence-electron chi connectivity index (χ3n) is 6.03. The fraction of sp³-hybridized carbons (Fsp3) is 0.310. The lowest BCUT2D eigenvalue weighted by molar-refractivity contribution is -0.0148. The molecule has 1 N–H and O–H groups in total. The number of alkyl halides is 2. The maximum absolute atomic E-state index is 14.9. The van der Waals surface area contributed by atoms with Crippen LogP contribution in [0.15, 0.2) is 66.7 Å². The van der Waals surface area contributed by atoms with E-state index in [1.165, 1.54) is 11.0 Å². The Balaban J connectivity index is 0.00000167. The highest BCUT2D eigenvalue weighted by atomic mass is 19.3. The number of hydrogen-bond acceptors (Lipinski definition) is 2. The minimum absolute atomic E-state index is 0.0637. The van der Waals surface area contributed by atoms with Crippen LogP contribution >= 0.6 is 0 Å². The van der Waals surface area contributed by atoms with E-state index in [0.717, 1.165) is 11.1 Å². The summed E-state index contributed by atoms with van der Waals surface area (Å²) < 4.78 is 29.8. The minimum Gasteiger partial charge on any atom is -0.346 e. The molecule has 184 valence electrons. The highest BCUT2D eigenvalue weighted by Crippen LogP contribution is 2.43. The second-order valence-corrected chi connectivity index (χ2v) is 8.62. The molecule has 4 rings (SSSR count). The number of halogens is 2. The van der Waals surface area contributed by atoms with Gasteiger partial charge in [-0.25, -0.2) is 8.78 Å². The Kier molecular flexibility index (Phi) is 8.05. The van der Waals surface area contributed by atoms with E-state index in [4.69, 9.17) is 0 Å². The summed E-state index contributed by atoms with van der Waals surface area (Å²) >= 11 is 0. The van der Waals surface area contributed by atoms with Gasteiger partial charge in [-0.3, -0.25) is 9.59 Å². The van der Waals surface area contributed by atoms with Gasteiger partial charge in [0.05, 0.1) is 11.7 Å². The summed E-state index contributed by atoms with van der Waals surface area (Å²) in [4.78, 5) is 27.1. The molecule has 0 radical (unpaired) electrons. The van der Waals surface area contributed by atoms with Crippen LogP contribution in [0.2, 0.25) is 0 Å². The van der Waals surface area contributed by atoms with Crippen LogP contribution in [0.5, 0.6) is 0 Å².